The molecule has 1 fully saturated rings. The van der Waals surface area contributed by atoms with Crippen molar-refractivity contribution < 1.29 is 14.5 Å². The molecule has 1 aromatic carbocycles. The SMILES string of the molecule is NC1CC(OC(=O)Nc2cccc([N+](=O)[O-])c2)C1. The number of carbonyl (C=O) groups is 1. The van der Waals surface area contributed by atoms with Gasteiger partial charge in [-0.25, -0.2) is 4.79 Å². The van der Waals surface area contributed by atoms with E-state index in [1.165, 1.54) is 18.2 Å². The number of nitrogens with zero attached hydrogens (tertiary/aromatic N) is 1. The van der Waals surface area contributed by atoms with Gasteiger partial charge in [0.15, 0.2) is 0 Å². The number of rotatable bonds is 3. The van der Waals surface area contributed by atoms with Crippen molar-refractivity contribution in [3.63, 3.8) is 0 Å². The van der Waals surface area contributed by atoms with Crippen LogP contribution in [0.25, 0.3) is 0 Å². The first kappa shape index (κ1) is 12.3. The van der Waals surface area contributed by atoms with Gasteiger partial charge in [-0.15, -0.1) is 0 Å². The molecule has 1 aromatic rings. The van der Waals surface area contributed by atoms with Crippen LogP contribution in [0.1, 0.15) is 12.8 Å². The Labute approximate surface area is 103 Å². The van der Waals surface area contributed by atoms with Crippen LogP contribution in [0.3, 0.4) is 0 Å². The second-order valence-corrected chi connectivity index (χ2v) is 4.19. The molecule has 0 bridgehead atoms. The van der Waals surface area contributed by atoms with Crippen LogP contribution in [0.4, 0.5) is 16.2 Å². The van der Waals surface area contributed by atoms with Gasteiger partial charge >= 0.3 is 6.09 Å². The van der Waals surface area contributed by atoms with Gasteiger partial charge in [-0.2, -0.15) is 0 Å². The zero-order valence-electron chi connectivity index (χ0n) is 9.54. The molecular weight excluding hydrogens is 238 g/mol. The van der Waals surface area contributed by atoms with Crippen molar-refractivity contribution in [3.05, 3.63) is 34.4 Å². The third-order valence-electron chi connectivity index (χ3n) is 2.71. The van der Waals surface area contributed by atoms with E-state index in [2.05, 4.69) is 5.32 Å². The number of amides is 1. The Bertz CT molecular complexity index is 471. The third kappa shape index (κ3) is 2.95. The molecule has 18 heavy (non-hydrogen) atoms. The molecule has 1 aliphatic carbocycles. The number of nitro groups is 1. The Morgan fingerprint density at radius 1 is 1.50 bits per heavy atom. The molecule has 0 spiro atoms. The predicted octanol–water partition coefficient (Wildman–Crippen LogP) is 1.63. The van der Waals surface area contributed by atoms with Crippen molar-refractivity contribution in [1.82, 2.24) is 0 Å². The summed E-state index contributed by atoms with van der Waals surface area (Å²) in [5, 5.41) is 13.0. The highest BCUT2D eigenvalue weighted by molar-refractivity contribution is 5.85. The van der Waals surface area contributed by atoms with E-state index in [0.29, 0.717) is 18.5 Å². The van der Waals surface area contributed by atoms with Crippen molar-refractivity contribution in [2.24, 2.45) is 5.73 Å². The maximum atomic E-state index is 11.5. The van der Waals surface area contributed by atoms with Crippen LogP contribution in [-0.4, -0.2) is 23.2 Å². The van der Waals surface area contributed by atoms with Crippen LogP contribution in [0.2, 0.25) is 0 Å². The number of nitrogens with two attached hydrogens (primary N) is 1. The van der Waals surface area contributed by atoms with Crippen molar-refractivity contribution in [2.45, 2.75) is 25.0 Å². The van der Waals surface area contributed by atoms with Gasteiger partial charge in [0, 0.05) is 18.2 Å². The number of ether oxygens (including phenoxy) is 1. The van der Waals surface area contributed by atoms with Gasteiger partial charge in [-0.05, 0) is 18.9 Å². The predicted molar refractivity (Wildman–Crippen MR) is 64.2 cm³/mol. The summed E-state index contributed by atoms with van der Waals surface area (Å²) in [4.78, 5) is 21.5. The Morgan fingerprint density at radius 3 is 2.83 bits per heavy atom. The first-order chi connectivity index (χ1) is 8.54. The lowest BCUT2D eigenvalue weighted by atomic mass is 9.90. The Kier molecular flexibility index (Phi) is 3.42. The summed E-state index contributed by atoms with van der Waals surface area (Å²) in [7, 11) is 0. The van der Waals surface area contributed by atoms with E-state index in [1.807, 2.05) is 0 Å². The molecule has 7 nitrogen and oxygen atoms in total. The zero-order chi connectivity index (χ0) is 13.1. The highest BCUT2D eigenvalue weighted by Crippen LogP contribution is 2.22. The molecule has 0 saturated heterocycles. The highest BCUT2D eigenvalue weighted by Gasteiger charge is 2.29. The number of hydrogen-bond acceptors (Lipinski definition) is 5. The van der Waals surface area contributed by atoms with Crippen LogP contribution in [0, 0.1) is 10.1 Å². The number of nitro benzene ring substituents is 1. The fourth-order valence-electron chi connectivity index (χ4n) is 1.70. The molecule has 0 radical (unpaired) electrons. The maximum absolute atomic E-state index is 11.5. The van der Waals surface area contributed by atoms with Crippen LogP contribution in [0.5, 0.6) is 0 Å². The van der Waals surface area contributed by atoms with Crippen LogP contribution in [0.15, 0.2) is 24.3 Å². The standard InChI is InChI=1S/C11H13N3O4/c12-7-4-10(5-7)18-11(15)13-8-2-1-3-9(6-8)14(16)17/h1-3,6-7,10H,4-5,12H2,(H,13,15). The van der Waals surface area contributed by atoms with E-state index in [-0.39, 0.29) is 17.8 Å². The van der Waals surface area contributed by atoms with Gasteiger partial charge in [0.25, 0.3) is 5.69 Å². The summed E-state index contributed by atoms with van der Waals surface area (Å²) in [5.41, 5.74) is 5.81. The molecular formula is C11H13N3O4. The molecule has 0 heterocycles. The van der Waals surface area contributed by atoms with Gasteiger partial charge < -0.3 is 10.5 Å². The first-order valence-electron chi connectivity index (χ1n) is 5.52. The van der Waals surface area contributed by atoms with E-state index >= 15 is 0 Å². The molecule has 96 valence electrons. The maximum Gasteiger partial charge on any atom is 0.411 e. The van der Waals surface area contributed by atoms with E-state index in [0.717, 1.165) is 0 Å². The minimum absolute atomic E-state index is 0.0848. The van der Waals surface area contributed by atoms with E-state index in [9.17, 15) is 14.9 Å². The summed E-state index contributed by atoms with van der Waals surface area (Å²) in [6, 6.07) is 5.77. The molecule has 0 unspecified atom stereocenters. The van der Waals surface area contributed by atoms with Crippen LogP contribution in [-0.2, 0) is 4.74 Å². The monoisotopic (exact) mass is 251 g/mol. The summed E-state index contributed by atoms with van der Waals surface area (Å²) < 4.78 is 5.06. The van der Waals surface area contributed by atoms with Gasteiger partial charge in [0.05, 0.1) is 10.6 Å². The summed E-state index contributed by atoms with van der Waals surface area (Å²) in [5.74, 6) is 0. The second kappa shape index (κ2) is 5.01. The first-order valence-corrected chi connectivity index (χ1v) is 5.52. The van der Waals surface area contributed by atoms with Crippen molar-refractivity contribution in [2.75, 3.05) is 5.32 Å². The van der Waals surface area contributed by atoms with E-state index in [1.54, 1.807) is 6.07 Å². The quantitative estimate of drug-likeness (QED) is 0.627. The smallest absolute Gasteiger partial charge is 0.411 e. The van der Waals surface area contributed by atoms with Crippen molar-refractivity contribution in [3.8, 4) is 0 Å². The summed E-state index contributed by atoms with van der Waals surface area (Å²) >= 11 is 0. The molecule has 1 amide bonds. The molecule has 7 heteroatoms. The fraction of sp³-hybridized carbons (Fsp3) is 0.364. The third-order valence-corrected chi connectivity index (χ3v) is 2.71. The lowest BCUT2D eigenvalue weighted by molar-refractivity contribution is -0.384. The van der Waals surface area contributed by atoms with Crippen LogP contribution < -0.4 is 11.1 Å². The molecule has 2 rings (SSSR count). The number of carbonyl (C=O) groups excluding carboxylic acids is 1. The summed E-state index contributed by atoms with van der Waals surface area (Å²) in [6.45, 7) is 0. The minimum Gasteiger partial charge on any atom is -0.446 e. The van der Waals surface area contributed by atoms with Gasteiger partial charge in [0.2, 0.25) is 0 Å². The number of non-ortho nitro benzene ring substituents is 1. The molecule has 0 atom stereocenters. The van der Waals surface area contributed by atoms with Gasteiger partial charge in [0.1, 0.15) is 6.10 Å². The minimum atomic E-state index is -0.618. The Hall–Kier alpha value is -2.15. The summed E-state index contributed by atoms with van der Waals surface area (Å²) in [6.07, 6.45) is 0.538. The van der Waals surface area contributed by atoms with Crippen molar-refractivity contribution >= 4 is 17.5 Å². The normalized spacial score (nSPS) is 21.8. The Balaban J connectivity index is 1.90. The second-order valence-electron chi connectivity index (χ2n) is 4.19. The average molecular weight is 251 g/mol. The molecule has 1 saturated carbocycles. The van der Waals surface area contributed by atoms with Gasteiger partial charge in [-0.3, -0.25) is 15.4 Å². The number of hydrogen-bond donors (Lipinski definition) is 2. The molecule has 0 aliphatic heterocycles. The number of nitrogens with one attached hydrogen (secondary N) is 1. The average Bonchev–Trinajstić information content (AvgIpc) is 2.27. The number of benzene rings is 1. The molecule has 3 N–H and O–H groups in total. The zero-order valence-corrected chi connectivity index (χ0v) is 9.54. The molecule has 1 aliphatic rings. The molecule has 0 aromatic heterocycles. The number of anilines is 1. The van der Waals surface area contributed by atoms with E-state index < -0.39 is 11.0 Å². The lowest BCUT2D eigenvalue weighted by Gasteiger charge is -2.31. The van der Waals surface area contributed by atoms with Crippen molar-refractivity contribution in [1.29, 1.82) is 0 Å². The highest BCUT2D eigenvalue weighted by atomic mass is 16.6. The topological polar surface area (TPSA) is 107 Å². The lowest BCUT2D eigenvalue weighted by Crippen LogP contribution is -2.43. The van der Waals surface area contributed by atoms with E-state index in [4.69, 9.17) is 10.5 Å². The fourth-order valence-corrected chi connectivity index (χ4v) is 1.70. The van der Waals surface area contributed by atoms with Gasteiger partial charge in [-0.1, -0.05) is 6.07 Å². The Morgan fingerprint density at radius 2 is 2.22 bits per heavy atom. The van der Waals surface area contributed by atoms with Crippen LogP contribution >= 0.6 is 0 Å². The largest absolute Gasteiger partial charge is 0.446 e.